The van der Waals surface area contributed by atoms with Gasteiger partial charge in [0.05, 0.1) is 17.6 Å². The van der Waals surface area contributed by atoms with Crippen LogP contribution < -0.4 is 4.74 Å². The molecule has 5 rings (SSSR count). The predicted octanol–water partition coefficient (Wildman–Crippen LogP) is 7.76. The van der Waals surface area contributed by atoms with Crippen LogP contribution in [0.1, 0.15) is 11.1 Å². The molecule has 1 fully saturated rings. The number of hydrogen-bond acceptors (Lipinski definition) is 6. The van der Waals surface area contributed by atoms with Crippen molar-refractivity contribution in [2.75, 3.05) is 0 Å². The monoisotopic (exact) mass is 559 g/mol. The summed E-state index contributed by atoms with van der Waals surface area (Å²) in [6.07, 6.45) is 2.45. The van der Waals surface area contributed by atoms with Gasteiger partial charge in [0.1, 0.15) is 5.75 Å². The van der Waals surface area contributed by atoms with Crippen LogP contribution in [-0.2, 0) is 11.3 Å². The third-order valence-corrected chi connectivity index (χ3v) is 6.99. The Morgan fingerprint density at radius 3 is 2.67 bits per heavy atom. The van der Waals surface area contributed by atoms with E-state index in [1.807, 2.05) is 24.3 Å². The molecule has 1 aromatic heterocycles. The number of amides is 2. The first-order valence-electron chi connectivity index (χ1n) is 10.4. The quantitative estimate of drug-likeness (QED) is 0.183. The topological polar surface area (TPSA) is 72.4 Å². The number of imide groups is 1. The highest BCUT2D eigenvalue weighted by atomic mass is 35.5. The van der Waals surface area contributed by atoms with Crippen LogP contribution in [0, 0.1) is 5.82 Å². The smallest absolute Gasteiger partial charge is 0.293 e. The summed E-state index contributed by atoms with van der Waals surface area (Å²) in [4.78, 5) is 34.6. The molecule has 0 N–H and O–H groups in total. The van der Waals surface area contributed by atoms with Crippen LogP contribution >= 0.6 is 46.6 Å². The Morgan fingerprint density at radius 2 is 1.86 bits per heavy atom. The third kappa shape index (κ3) is 4.90. The lowest BCUT2D eigenvalue weighted by Gasteiger charge is -2.14. The molecule has 4 aromatic rings. The van der Waals surface area contributed by atoms with Gasteiger partial charge in [-0.1, -0.05) is 59.6 Å². The van der Waals surface area contributed by atoms with E-state index in [-0.39, 0.29) is 28.4 Å². The summed E-state index contributed by atoms with van der Waals surface area (Å²) in [5.41, 5.74) is 1.05. The predicted molar refractivity (Wildman–Crippen MR) is 139 cm³/mol. The van der Waals surface area contributed by atoms with E-state index in [1.165, 1.54) is 0 Å². The van der Waals surface area contributed by atoms with Crippen molar-refractivity contribution in [3.8, 4) is 11.6 Å². The highest BCUT2D eigenvalue weighted by molar-refractivity contribution is 8.18. The van der Waals surface area contributed by atoms with E-state index < -0.39 is 17.0 Å². The molecule has 1 aliphatic rings. The number of aromatic nitrogens is 2. The fraction of sp³-hybridized carbons (Fsp3) is 0.0400. The molecule has 3 aromatic carbocycles. The van der Waals surface area contributed by atoms with Crippen molar-refractivity contribution in [1.29, 1.82) is 0 Å². The van der Waals surface area contributed by atoms with Gasteiger partial charge in [0.2, 0.25) is 11.1 Å². The normalized spacial score (nSPS) is 14.8. The van der Waals surface area contributed by atoms with E-state index >= 15 is 0 Å². The van der Waals surface area contributed by atoms with Crippen molar-refractivity contribution in [3.63, 3.8) is 0 Å². The average molecular weight is 561 g/mol. The van der Waals surface area contributed by atoms with Crippen molar-refractivity contribution in [2.24, 2.45) is 0 Å². The molecular weight excluding hydrogens is 548 g/mol. The zero-order valence-corrected chi connectivity index (χ0v) is 21.1. The molecule has 0 atom stereocenters. The Morgan fingerprint density at radius 1 is 1.06 bits per heavy atom. The number of fused-ring (bicyclic) bond motifs is 1. The van der Waals surface area contributed by atoms with Gasteiger partial charge in [-0.2, -0.15) is 9.37 Å². The molecular formula is C25H13Cl3FN3O3S. The summed E-state index contributed by atoms with van der Waals surface area (Å²) >= 11 is 18.8. The Labute approximate surface area is 223 Å². The van der Waals surface area contributed by atoms with Gasteiger partial charge < -0.3 is 4.74 Å². The Balaban J connectivity index is 1.54. The number of benzene rings is 3. The van der Waals surface area contributed by atoms with E-state index in [1.54, 1.807) is 36.4 Å². The summed E-state index contributed by atoms with van der Waals surface area (Å²) in [5, 5.41) is 1.74. The van der Waals surface area contributed by atoms with Crippen LogP contribution in [0.15, 0.2) is 65.7 Å². The minimum Gasteiger partial charge on any atom is -0.436 e. The first kappa shape index (κ1) is 24.5. The zero-order valence-electron chi connectivity index (χ0n) is 18.0. The lowest BCUT2D eigenvalue weighted by molar-refractivity contribution is -0.123. The van der Waals surface area contributed by atoms with Gasteiger partial charge in [0, 0.05) is 15.6 Å². The largest absolute Gasteiger partial charge is 0.436 e. The fourth-order valence-electron chi connectivity index (χ4n) is 3.61. The van der Waals surface area contributed by atoms with Crippen molar-refractivity contribution < 1.29 is 18.7 Å². The average Bonchev–Trinajstić information content (AvgIpc) is 3.11. The van der Waals surface area contributed by atoms with Crippen LogP contribution in [-0.4, -0.2) is 26.0 Å². The molecule has 180 valence electrons. The number of carbonyl (C=O) groups excluding carboxylic acids is 2. The zero-order chi connectivity index (χ0) is 25.4. The number of carbonyl (C=O) groups is 2. The molecule has 1 saturated heterocycles. The Kier molecular flexibility index (Phi) is 6.85. The maximum atomic E-state index is 14.3. The second-order valence-corrected chi connectivity index (χ2v) is 9.77. The van der Waals surface area contributed by atoms with Crippen molar-refractivity contribution in [1.82, 2.24) is 14.9 Å². The molecule has 36 heavy (non-hydrogen) atoms. The van der Waals surface area contributed by atoms with Crippen molar-refractivity contribution in [2.45, 2.75) is 6.54 Å². The molecule has 0 radical (unpaired) electrons. The van der Waals surface area contributed by atoms with Gasteiger partial charge in [0.15, 0.2) is 0 Å². The van der Waals surface area contributed by atoms with E-state index in [9.17, 15) is 14.0 Å². The molecule has 0 unspecified atom stereocenters. The van der Waals surface area contributed by atoms with Crippen LogP contribution in [0.5, 0.6) is 11.6 Å². The van der Waals surface area contributed by atoms with Gasteiger partial charge >= 0.3 is 0 Å². The Hall–Kier alpha value is -3.17. The van der Waals surface area contributed by atoms with Crippen molar-refractivity contribution >= 4 is 74.6 Å². The summed E-state index contributed by atoms with van der Waals surface area (Å²) in [6.45, 7) is -0.0124. The minimum absolute atomic E-state index is 0.0124. The van der Waals surface area contributed by atoms with Gasteiger partial charge in [0.25, 0.3) is 17.0 Å². The lowest BCUT2D eigenvalue weighted by Crippen LogP contribution is -2.27. The highest BCUT2D eigenvalue weighted by Crippen LogP contribution is 2.39. The number of rotatable bonds is 5. The summed E-state index contributed by atoms with van der Waals surface area (Å²) in [5.74, 6) is -1.45. The van der Waals surface area contributed by atoms with Gasteiger partial charge in [-0.15, -0.1) is 0 Å². The van der Waals surface area contributed by atoms with Crippen LogP contribution in [0.3, 0.4) is 0 Å². The number of hydrogen-bond donors (Lipinski definition) is 0. The first-order valence-corrected chi connectivity index (χ1v) is 12.3. The number of thioether (sulfide) groups is 1. The van der Waals surface area contributed by atoms with Gasteiger partial charge in [-0.25, -0.2) is 4.98 Å². The minimum atomic E-state index is -0.807. The second kappa shape index (κ2) is 10.1. The molecule has 11 heteroatoms. The molecule has 0 spiro atoms. The maximum Gasteiger partial charge on any atom is 0.293 e. The SMILES string of the molecule is O=C1S/C(=C/c2c(Oc3nc(Cl)ncc3F)ccc3ccccc23)C(=O)N1Cc1ccc(Cl)cc1Cl. The molecule has 0 aliphatic carbocycles. The van der Waals surface area contributed by atoms with E-state index in [4.69, 9.17) is 39.5 Å². The van der Waals surface area contributed by atoms with Crippen molar-refractivity contribution in [3.05, 3.63) is 98.0 Å². The number of ether oxygens (including phenoxy) is 1. The molecule has 6 nitrogen and oxygen atoms in total. The lowest BCUT2D eigenvalue weighted by atomic mass is 10.0. The highest BCUT2D eigenvalue weighted by Gasteiger charge is 2.35. The standard InChI is InChI=1S/C25H13Cl3FN3O3S/c26-15-7-5-14(18(27)9-15)12-32-23(33)21(36-25(32)34)10-17-16-4-2-1-3-13(16)6-8-20(17)35-22-19(29)11-30-24(28)31-22/h1-11H,12H2/b21-10+. The fourth-order valence-corrected chi connectivity index (χ4v) is 5.02. The van der Waals surface area contributed by atoms with E-state index in [0.717, 1.165) is 33.6 Å². The number of nitrogens with zero attached hydrogens (tertiary/aromatic N) is 3. The Bertz CT molecular complexity index is 1580. The summed E-state index contributed by atoms with van der Waals surface area (Å²) in [7, 11) is 0. The van der Waals surface area contributed by atoms with E-state index in [0.29, 0.717) is 21.2 Å². The summed E-state index contributed by atoms with van der Waals surface area (Å²) in [6, 6.07) is 15.7. The molecule has 1 aliphatic heterocycles. The second-order valence-electron chi connectivity index (χ2n) is 7.60. The molecule has 2 amide bonds. The molecule has 2 heterocycles. The third-order valence-electron chi connectivity index (χ3n) is 5.31. The van der Waals surface area contributed by atoms with Crippen LogP contribution in [0.4, 0.5) is 9.18 Å². The molecule has 0 bridgehead atoms. The summed E-state index contributed by atoms with van der Waals surface area (Å²) < 4.78 is 20.0. The molecule has 0 saturated carbocycles. The van der Waals surface area contributed by atoms with Gasteiger partial charge in [-0.05, 0) is 64.0 Å². The van der Waals surface area contributed by atoms with E-state index in [2.05, 4.69) is 9.97 Å². The maximum absolute atomic E-state index is 14.3. The van der Waals surface area contributed by atoms with Gasteiger partial charge in [-0.3, -0.25) is 14.5 Å². The number of halogens is 4. The first-order chi connectivity index (χ1) is 17.3. The van der Waals surface area contributed by atoms with Crippen LogP contribution in [0.2, 0.25) is 15.3 Å². The van der Waals surface area contributed by atoms with Crippen LogP contribution in [0.25, 0.3) is 16.8 Å².